The van der Waals surface area contributed by atoms with Crippen LogP contribution in [0.15, 0.2) is 47.3 Å². The van der Waals surface area contributed by atoms with Crippen LogP contribution >= 0.6 is 0 Å². The molecule has 4 nitrogen and oxygen atoms in total. The number of pyridine rings is 1. The van der Waals surface area contributed by atoms with E-state index in [-0.39, 0.29) is 11.1 Å². The van der Waals surface area contributed by atoms with Gasteiger partial charge in [0, 0.05) is 18.2 Å². The highest BCUT2D eigenvalue weighted by Gasteiger charge is 2.35. The number of rotatable bonds is 5. The first-order valence-electron chi connectivity index (χ1n) is 8.21. The maximum atomic E-state index is 11.8. The van der Waals surface area contributed by atoms with Crippen molar-refractivity contribution in [2.45, 2.75) is 44.1 Å². The lowest BCUT2D eigenvalue weighted by atomic mass is 9.75. The summed E-state index contributed by atoms with van der Waals surface area (Å²) in [6, 6.07) is 13.5. The molecule has 1 saturated carbocycles. The lowest BCUT2D eigenvalue weighted by molar-refractivity contribution is -0.111. The molecule has 0 unspecified atom stereocenters. The van der Waals surface area contributed by atoms with Gasteiger partial charge in [0.15, 0.2) is 0 Å². The third-order valence-corrected chi connectivity index (χ3v) is 4.78. The minimum absolute atomic E-state index is 0.100. The van der Waals surface area contributed by atoms with Crippen molar-refractivity contribution in [3.8, 4) is 0 Å². The summed E-state index contributed by atoms with van der Waals surface area (Å²) in [7, 11) is 0. The molecule has 1 heterocycles. The van der Waals surface area contributed by atoms with Gasteiger partial charge >= 0.3 is 0 Å². The number of hydrogen-bond donors (Lipinski definition) is 2. The van der Waals surface area contributed by atoms with Crippen LogP contribution in [0.3, 0.4) is 0 Å². The van der Waals surface area contributed by atoms with Crippen LogP contribution in [0, 0.1) is 0 Å². The van der Waals surface area contributed by atoms with Crippen LogP contribution < -0.4 is 10.9 Å². The zero-order valence-electron chi connectivity index (χ0n) is 13.2. The Morgan fingerprint density at radius 3 is 2.48 bits per heavy atom. The normalized spacial score (nSPS) is 16.7. The second-order valence-corrected chi connectivity index (χ2v) is 6.28. The molecule has 2 aromatic rings. The molecule has 1 aromatic carbocycles. The number of H-pyrrole nitrogens is 1. The lowest BCUT2D eigenvalue weighted by Gasteiger charge is -2.38. The Morgan fingerprint density at radius 2 is 1.78 bits per heavy atom. The van der Waals surface area contributed by atoms with Gasteiger partial charge in [-0.05, 0) is 30.0 Å². The first kappa shape index (κ1) is 15.5. The van der Waals surface area contributed by atoms with Crippen molar-refractivity contribution in [3.05, 3.63) is 69.6 Å². The second kappa shape index (κ2) is 6.82. The summed E-state index contributed by atoms with van der Waals surface area (Å²) >= 11 is 0. The molecule has 1 amide bonds. The summed E-state index contributed by atoms with van der Waals surface area (Å²) in [4.78, 5) is 26.0. The number of benzene rings is 1. The minimum Gasteiger partial charge on any atom is -0.349 e. The lowest BCUT2D eigenvalue weighted by Crippen LogP contribution is -2.44. The van der Waals surface area contributed by atoms with Crippen LogP contribution in [0.5, 0.6) is 0 Å². The average molecular weight is 310 g/mol. The Morgan fingerprint density at radius 1 is 1.04 bits per heavy atom. The van der Waals surface area contributed by atoms with Crippen molar-refractivity contribution < 1.29 is 4.79 Å². The Balaban J connectivity index is 2.03. The molecule has 23 heavy (non-hydrogen) atoms. The summed E-state index contributed by atoms with van der Waals surface area (Å²) in [5, 5.41) is 3.06. The smallest absolute Gasteiger partial charge is 0.248 e. The standard InChI is InChI=1S/C19H22N2O2/c22-14-20-19(11-5-2-6-12-19)16-9-10-18(23)21-17(16)13-15-7-3-1-4-8-15/h1,3-4,7-10,14H,2,5-6,11-13H2,(H,20,22)(H,21,23). The predicted octanol–water partition coefficient (Wildman–Crippen LogP) is 2.87. The Kier molecular flexibility index (Phi) is 4.60. The fourth-order valence-corrected chi connectivity index (χ4v) is 3.66. The molecule has 0 radical (unpaired) electrons. The zero-order valence-corrected chi connectivity index (χ0v) is 13.2. The maximum absolute atomic E-state index is 11.8. The fraction of sp³-hybridized carbons (Fsp3) is 0.368. The molecule has 0 atom stereocenters. The molecule has 0 bridgehead atoms. The fourth-order valence-electron chi connectivity index (χ4n) is 3.66. The number of carbonyl (C=O) groups is 1. The third-order valence-electron chi connectivity index (χ3n) is 4.78. The molecule has 0 aliphatic heterocycles. The predicted molar refractivity (Wildman–Crippen MR) is 90.3 cm³/mol. The van der Waals surface area contributed by atoms with Crippen LogP contribution in [0.4, 0.5) is 0 Å². The summed E-state index contributed by atoms with van der Waals surface area (Å²) in [6.45, 7) is 0. The van der Waals surface area contributed by atoms with Gasteiger partial charge in [-0.1, -0.05) is 49.6 Å². The molecule has 3 rings (SSSR count). The number of hydrogen-bond acceptors (Lipinski definition) is 2. The van der Waals surface area contributed by atoms with E-state index < -0.39 is 0 Å². The zero-order chi connectivity index (χ0) is 16.1. The van der Waals surface area contributed by atoms with Crippen LogP contribution in [-0.2, 0) is 16.8 Å². The van der Waals surface area contributed by atoms with E-state index >= 15 is 0 Å². The molecule has 0 saturated heterocycles. The molecule has 2 N–H and O–H groups in total. The van der Waals surface area contributed by atoms with E-state index in [9.17, 15) is 9.59 Å². The maximum Gasteiger partial charge on any atom is 0.248 e. The van der Waals surface area contributed by atoms with Gasteiger partial charge < -0.3 is 10.3 Å². The van der Waals surface area contributed by atoms with Crippen molar-refractivity contribution >= 4 is 6.41 Å². The van der Waals surface area contributed by atoms with Crippen LogP contribution in [0.25, 0.3) is 0 Å². The Hall–Kier alpha value is -2.36. The molecule has 4 heteroatoms. The van der Waals surface area contributed by atoms with E-state index in [1.54, 1.807) is 6.07 Å². The van der Waals surface area contributed by atoms with Gasteiger partial charge in [-0.25, -0.2) is 0 Å². The summed E-state index contributed by atoms with van der Waals surface area (Å²) in [5.74, 6) is 0. The third kappa shape index (κ3) is 3.36. The van der Waals surface area contributed by atoms with Crippen molar-refractivity contribution in [1.82, 2.24) is 10.3 Å². The van der Waals surface area contributed by atoms with Crippen molar-refractivity contribution in [2.75, 3.05) is 0 Å². The summed E-state index contributed by atoms with van der Waals surface area (Å²) in [5.41, 5.74) is 2.64. The number of nitrogens with one attached hydrogen (secondary N) is 2. The number of aromatic nitrogens is 1. The SMILES string of the molecule is O=CNC1(c2ccc(=O)[nH]c2Cc2ccccc2)CCCCC1. The van der Waals surface area contributed by atoms with E-state index in [1.807, 2.05) is 24.3 Å². The molecular weight excluding hydrogens is 288 g/mol. The largest absolute Gasteiger partial charge is 0.349 e. The molecule has 1 aliphatic rings. The second-order valence-electron chi connectivity index (χ2n) is 6.28. The first-order valence-corrected chi connectivity index (χ1v) is 8.21. The topological polar surface area (TPSA) is 62.0 Å². The van der Waals surface area contributed by atoms with Crippen molar-refractivity contribution in [1.29, 1.82) is 0 Å². The van der Waals surface area contributed by atoms with Gasteiger partial charge in [0.1, 0.15) is 0 Å². The van der Waals surface area contributed by atoms with Gasteiger partial charge in [-0.3, -0.25) is 9.59 Å². The highest BCUT2D eigenvalue weighted by Crippen LogP contribution is 2.38. The van der Waals surface area contributed by atoms with E-state index in [0.29, 0.717) is 6.42 Å². The van der Waals surface area contributed by atoms with Crippen molar-refractivity contribution in [3.63, 3.8) is 0 Å². The highest BCUT2D eigenvalue weighted by atomic mass is 16.1. The molecular formula is C19H22N2O2. The van der Waals surface area contributed by atoms with Gasteiger partial charge in [-0.15, -0.1) is 0 Å². The van der Waals surface area contributed by atoms with E-state index in [2.05, 4.69) is 22.4 Å². The van der Waals surface area contributed by atoms with Gasteiger partial charge in [0.05, 0.1) is 5.54 Å². The van der Waals surface area contributed by atoms with E-state index in [0.717, 1.165) is 48.9 Å². The molecule has 1 aliphatic carbocycles. The minimum atomic E-state index is -0.353. The van der Waals surface area contributed by atoms with Gasteiger partial charge in [-0.2, -0.15) is 0 Å². The Labute approximate surface area is 135 Å². The molecule has 1 aromatic heterocycles. The number of carbonyl (C=O) groups excluding carboxylic acids is 1. The molecule has 120 valence electrons. The Bertz CT molecular complexity index is 716. The van der Waals surface area contributed by atoms with E-state index in [4.69, 9.17) is 0 Å². The summed E-state index contributed by atoms with van der Waals surface area (Å²) in [6.07, 6.45) is 6.66. The number of aromatic amines is 1. The van der Waals surface area contributed by atoms with Gasteiger partial charge in [0.2, 0.25) is 12.0 Å². The quantitative estimate of drug-likeness (QED) is 0.834. The highest BCUT2D eigenvalue weighted by molar-refractivity contribution is 5.50. The summed E-state index contributed by atoms with van der Waals surface area (Å²) < 4.78 is 0. The van der Waals surface area contributed by atoms with E-state index in [1.165, 1.54) is 6.42 Å². The van der Waals surface area contributed by atoms with Crippen molar-refractivity contribution in [2.24, 2.45) is 0 Å². The molecule has 0 spiro atoms. The first-order chi connectivity index (χ1) is 11.2. The molecule has 1 fully saturated rings. The van der Waals surface area contributed by atoms with Crippen LogP contribution in [0.2, 0.25) is 0 Å². The number of amides is 1. The monoisotopic (exact) mass is 310 g/mol. The average Bonchev–Trinajstić information content (AvgIpc) is 2.57. The van der Waals surface area contributed by atoms with Gasteiger partial charge in [0.25, 0.3) is 0 Å². The van der Waals surface area contributed by atoms with Crippen LogP contribution in [-0.4, -0.2) is 11.4 Å². The van der Waals surface area contributed by atoms with Crippen LogP contribution in [0.1, 0.15) is 48.9 Å².